The lowest BCUT2D eigenvalue weighted by molar-refractivity contribution is -0.137. The number of hydrogen-bond donors (Lipinski definition) is 1. The molecule has 1 aliphatic heterocycles. The summed E-state index contributed by atoms with van der Waals surface area (Å²) in [4.78, 5) is 13.6. The number of benzene rings is 1. The van der Waals surface area contributed by atoms with Gasteiger partial charge in [-0.1, -0.05) is 12.1 Å². The molecule has 0 saturated carbocycles. The second-order valence-corrected chi connectivity index (χ2v) is 7.12. The van der Waals surface area contributed by atoms with Crippen LogP contribution in [0.1, 0.15) is 40.5 Å². The Kier molecular flexibility index (Phi) is 6.36. The summed E-state index contributed by atoms with van der Waals surface area (Å²) in [6.07, 6.45) is -2.39. The fourth-order valence-corrected chi connectivity index (χ4v) is 3.74. The van der Waals surface area contributed by atoms with Crippen molar-refractivity contribution >= 4 is 11.8 Å². The third-order valence-corrected chi connectivity index (χ3v) is 5.19. The van der Waals surface area contributed by atoms with Crippen molar-refractivity contribution in [1.82, 2.24) is 15.1 Å². The molecule has 0 amide bonds. The van der Waals surface area contributed by atoms with Gasteiger partial charge in [0.15, 0.2) is 5.69 Å². The summed E-state index contributed by atoms with van der Waals surface area (Å²) in [6.45, 7) is 1.47. The molecular formula is C20H23F3N4O2. The van der Waals surface area contributed by atoms with Gasteiger partial charge in [-0.05, 0) is 62.2 Å². The second-order valence-electron chi connectivity index (χ2n) is 7.12. The van der Waals surface area contributed by atoms with Crippen molar-refractivity contribution in [3.63, 3.8) is 0 Å². The van der Waals surface area contributed by atoms with Crippen molar-refractivity contribution in [2.45, 2.75) is 25.1 Å². The number of methoxy groups -OCH3 is 1. The molecule has 1 aliphatic rings. The fourth-order valence-electron chi connectivity index (χ4n) is 3.74. The Morgan fingerprint density at radius 2 is 1.93 bits per heavy atom. The van der Waals surface area contributed by atoms with Crippen molar-refractivity contribution in [2.75, 3.05) is 32.6 Å². The molecule has 6 nitrogen and oxygen atoms in total. The van der Waals surface area contributed by atoms with Gasteiger partial charge >= 0.3 is 12.1 Å². The highest BCUT2D eigenvalue weighted by Gasteiger charge is 2.33. The van der Waals surface area contributed by atoms with Gasteiger partial charge in [-0.2, -0.15) is 13.2 Å². The molecule has 0 aliphatic carbocycles. The molecule has 1 fully saturated rings. The molecule has 2 heterocycles. The van der Waals surface area contributed by atoms with E-state index in [1.165, 1.54) is 13.2 Å². The van der Waals surface area contributed by atoms with Gasteiger partial charge in [-0.15, -0.1) is 10.2 Å². The summed E-state index contributed by atoms with van der Waals surface area (Å²) in [5.41, 5.74) is 0.340. The number of halogens is 3. The van der Waals surface area contributed by atoms with Crippen LogP contribution in [-0.4, -0.2) is 48.3 Å². The minimum Gasteiger partial charge on any atom is -0.464 e. The van der Waals surface area contributed by atoms with Crippen LogP contribution in [0.4, 0.5) is 19.0 Å². The second kappa shape index (κ2) is 8.77. The average Bonchev–Trinajstić information content (AvgIpc) is 2.71. The number of nitrogens with one attached hydrogen (secondary N) is 1. The first kappa shape index (κ1) is 21.0. The lowest BCUT2D eigenvalue weighted by Crippen LogP contribution is -2.39. The Balaban J connectivity index is 1.71. The highest BCUT2D eigenvalue weighted by Crippen LogP contribution is 2.37. The highest BCUT2D eigenvalue weighted by molar-refractivity contribution is 5.86. The van der Waals surface area contributed by atoms with Gasteiger partial charge in [0.05, 0.1) is 12.7 Å². The SMILES string of the molecule is COC(=O)c1ccc(NCC2CCCN(C)C2c2ccc(C(F)(F)F)cc2)nn1. The molecule has 9 heteroatoms. The van der Waals surface area contributed by atoms with E-state index in [0.717, 1.165) is 37.1 Å². The average molecular weight is 408 g/mol. The van der Waals surface area contributed by atoms with E-state index in [1.54, 1.807) is 18.2 Å². The molecule has 156 valence electrons. The van der Waals surface area contributed by atoms with Crippen molar-refractivity contribution in [2.24, 2.45) is 5.92 Å². The lowest BCUT2D eigenvalue weighted by Gasteiger charge is -2.39. The Hall–Kier alpha value is -2.68. The first-order chi connectivity index (χ1) is 13.8. The van der Waals surface area contributed by atoms with Gasteiger partial charge in [0.2, 0.25) is 0 Å². The minimum absolute atomic E-state index is 0.000773. The number of rotatable bonds is 5. The van der Waals surface area contributed by atoms with E-state index in [1.807, 2.05) is 7.05 Å². The number of likely N-dealkylation sites (tertiary alicyclic amines) is 1. The van der Waals surface area contributed by atoms with Crippen molar-refractivity contribution in [3.05, 3.63) is 53.2 Å². The molecule has 1 N–H and O–H groups in total. The molecule has 2 aromatic rings. The van der Waals surface area contributed by atoms with Crippen molar-refractivity contribution in [1.29, 1.82) is 0 Å². The van der Waals surface area contributed by atoms with E-state index < -0.39 is 17.7 Å². The van der Waals surface area contributed by atoms with Crippen LogP contribution in [0.3, 0.4) is 0 Å². The van der Waals surface area contributed by atoms with E-state index in [0.29, 0.717) is 12.4 Å². The van der Waals surface area contributed by atoms with Gasteiger partial charge in [-0.3, -0.25) is 4.90 Å². The van der Waals surface area contributed by atoms with Crippen LogP contribution in [0.25, 0.3) is 0 Å². The normalized spacial score (nSPS) is 20.3. The van der Waals surface area contributed by atoms with E-state index in [2.05, 4.69) is 25.2 Å². The zero-order valence-electron chi connectivity index (χ0n) is 16.2. The van der Waals surface area contributed by atoms with Crippen LogP contribution in [0.2, 0.25) is 0 Å². The third kappa shape index (κ3) is 5.03. The summed E-state index contributed by atoms with van der Waals surface area (Å²) in [5, 5.41) is 11.0. The number of hydrogen-bond acceptors (Lipinski definition) is 6. The van der Waals surface area contributed by atoms with E-state index in [9.17, 15) is 18.0 Å². The maximum Gasteiger partial charge on any atom is 0.416 e. The molecule has 0 radical (unpaired) electrons. The zero-order valence-corrected chi connectivity index (χ0v) is 16.2. The summed E-state index contributed by atoms with van der Waals surface area (Å²) in [7, 11) is 3.26. The topological polar surface area (TPSA) is 67.3 Å². The van der Waals surface area contributed by atoms with Crippen LogP contribution in [0.5, 0.6) is 0 Å². The number of aromatic nitrogens is 2. The van der Waals surface area contributed by atoms with Crippen LogP contribution in [0, 0.1) is 5.92 Å². The third-order valence-electron chi connectivity index (χ3n) is 5.19. The van der Waals surface area contributed by atoms with Gasteiger partial charge in [0.1, 0.15) is 5.82 Å². The molecule has 1 aromatic carbocycles. The van der Waals surface area contributed by atoms with Crippen molar-refractivity contribution < 1.29 is 22.7 Å². The summed E-state index contributed by atoms with van der Waals surface area (Å²) < 4.78 is 43.2. The van der Waals surface area contributed by atoms with Gasteiger partial charge in [0.25, 0.3) is 0 Å². The summed E-state index contributed by atoms with van der Waals surface area (Å²) in [6, 6.07) is 8.58. The predicted octanol–water partition coefficient (Wildman–Crippen LogP) is 3.78. The number of piperidine rings is 1. The number of carbonyl (C=O) groups is 1. The molecule has 1 aromatic heterocycles. The first-order valence-electron chi connectivity index (χ1n) is 9.33. The number of alkyl halides is 3. The minimum atomic E-state index is -4.34. The molecule has 3 rings (SSSR count). The molecule has 2 unspecified atom stereocenters. The van der Waals surface area contributed by atoms with E-state index in [4.69, 9.17) is 0 Å². The van der Waals surface area contributed by atoms with E-state index >= 15 is 0 Å². The molecule has 1 saturated heterocycles. The molecule has 29 heavy (non-hydrogen) atoms. The van der Waals surface area contributed by atoms with Crippen LogP contribution < -0.4 is 5.32 Å². The molecule has 0 bridgehead atoms. The lowest BCUT2D eigenvalue weighted by atomic mass is 9.84. The largest absolute Gasteiger partial charge is 0.464 e. The Labute approximate surface area is 167 Å². The van der Waals surface area contributed by atoms with Gasteiger partial charge in [-0.25, -0.2) is 4.79 Å². The van der Waals surface area contributed by atoms with Crippen molar-refractivity contribution in [3.8, 4) is 0 Å². The smallest absolute Gasteiger partial charge is 0.416 e. The summed E-state index contributed by atoms with van der Waals surface area (Å²) in [5.74, 6) is 0.157. The number of carbonyl (C=O) groups excluding carboxylic acids is 1. The fraction of sp³-hybridized carbons (Fsp3) is 0.450. The van der Waals surface area contributed by atoms with Crippen LogP contribution in [0.15, 0.2) is 36.4 Å². The predicted molar refractivity (Wildman–Crippen MR) is 101 cm³/mol. The van der Waals surface area contributed by atoms with E-state index in [-0.39, 0.29) is 17.7 Å². The maximum absolute atomic E-state index is 12.9. The first-order valence-corrected chi connectivity index (χ1v) is 9.33. The Morgan fingerprint density at radius 1 is 1.21 bits per heavy atom. The maximum atomic E-state index is 12.9. The summed E-state index contributed by atoms with van der Waals surface area (Å²) >= 11 is 0. The standard InChI is InChI=1S/C20H23F3N4O2/c1-27-11-3-4-14(12-24-17-10-9-16(25-26-17)19(28)29-2)18(27)13-5-7-15(8-6-13)20(21,22)23/h5-10,14,18H,3-4,11-12H2,1-2H3,(H,24,26). The van der Waals surface area contributed by atoms with Crippen LogP contribution >= 0.6 is 0 Å². The number of ether oxygens (including phenoxy) is 1. The monoisotopic (exact) mass is 408 g/mol. The number of anilines is 1. The zero-order chi connectivity index (χ0) is 21.0. The molecular weight excluding hydrogens is 385 g/mol. The van der Waals surface area contributed by atoms with Gasteiger partial charge in [0, 0.05) is 12.6 Å². The van der Waals surface area contributed by atoms with Gasteiger partial charge < -0.3 is 10.1 Å². The Bertz CT molecular complexity index is 825. The number of nitrogens with zero attached hydrogens (tertiary/aromatic N) is 3. The molecule has 0 spiro atoms. The number of esters is 1. The van der Waals surface area contributed by atoms with Crippen LogP contribution in [-0.2, 0) is 10.9 Å². The molecule has 2 atom stereocenters. The quantitative estimate of drug-likeness (QED) is 0.760. The Morgan fingerprint density at radius 3 is 2.52 bits per heavy atom. The highest BCUT2D eigenvalue weighted by atomic mass is 19.4.